The number of pyridine rings is 1. The number of aliphatic imine (C=N–C) groups is 1. The Morgan fingerprint density at radius 3 is 2.67 bits per heavy atom. The van der Waals surface area contributed by atoms with Crippen molar-refractivity contribution in [2.75, 3.05) is 31.6 Å². The Morgan fingerprint density at radius 2 is 1.89 bits per heavy atom. The van der Waals surface area contributed by atoms with Crippen molar-refractivity contribution in [1.29, 1.82) is 0 Å². The van der Waals surface area contributed by atoms with E-state index in [0.717, 1.165) is 43.5 Å². The molecule has 0 radical (unpaired) electrons. The highest BCUT2D eigenvalue weighted by molar-refractivity contribution is 5.79. The summed E-state index contributed by atoms with van der Waals surface area (Å²) in [6.07, 6.45) is 2.99. The van der Waals surface area contributed by atoms with Crippen LogP contribution in [0, 0.1) is 0 Å². The molecule has 0 atom stereocenters. The van der Waals surface area contributed by atoms with Gasteiger partial charge in [0, 0.05) is 38.6 Å². The highest BCUT2D eigenvalue weighted by Crippen LogP contribution is 2.12. The molecule has 0 saturated carbocycles. The minimum atomic E-state index is 0.565. The summed E-state index contributed by atoms with van der Waals surface area (Å²) in [7, 11) is 1.78. The molecule has 2 N–H and O–H groups in total. The zero-order valence-electron chi connectivity index (χ0n) is 16.0. The summed E-state index contributed by atoms with van der Waals surface area (Å²) in [6, 6.07) is 16.4. The quantitative estimate of drug-likeness (QED) is 0.364. The van der Waals surface area contributed by atoms with Crippen molar-refractivity contribution in [3.05, 3.63) is 60.6 Å². The highest BCUT2D eigenvalue weighted by Gasteiger charge is 2.06. The first-order valence-corrected chi connectivity index (χ1v) is 9.35. The van der Waals surface area contributed by atoms with Crippen molar-refractivity contribution < 1.29 is 0 Å². The van der Waals surface area contributed by atoms with Crippen LogP contribution in [0.2, 0.25) is 0 Å². The van der Waals surface area contributed by atoms with Crippen LogP contribution >= 0.6 is 0 Å². The second-order valence-electron chi connectivity index (χ2n) is 6.17. The fraction of sp³-hybridized carbons (Fsp3) is 0.350. The van der Waals surface area contributed by atoms with E-state index in [1.54, 1.807) is 7.05 Å². The highest BCUT2D eigenvalue weighted by atomic mass is 15.3. The topological polar surface area (TPSA) is 69.8 Å². The Kier molecular flexibility index (Phi) is 6.62. The Bertz CT molecular complexity index is 857. The van der Waals surface area contributed by atoms with Gasteiger partial charge in [0.25, 0.3) is 0 Å². The maximum absolute atomic E-state index is 4.29. The van der Waals surface area contributed by atoms with Crippen molar-refractivity contribution in [2.45, 2.75) is 19.9 Å². The molecule has 0 fully saturated rings. The minimum Gasteiger partial charge on any atom is -0.372 e. The predicted octanol–water partition coefficient (Wildman–Crippen LogP) is 2.31. The van der Waals surface area contributed by atoms with Gasteiger partial charge in [-0.1, -0.05) is 24.3 Å². The van der Waals surface area contributed by atoms with Gasteiger partial charge in [-0.25, -0.2) is 0 Å². The number of aromatic nitrogens is 3. The number of hydrogen-bond donors (Lipinski definition) is 2. The molecular weight excluding hydrogens is 338 g/mol. The lowest BCUT2D eigenvalue weighted by molar-refractivity contribution is 0.702. The van der Waals surface area contributed by atoms with E-state index < -0.39 is 0 Å². The third-order valence-corrected chi connectivity index (χ3v) is 4.42. The molecule has 0 saturated heterocycles. The number of guanidine groups is 1. The first kappa shape index (κ1) is 18.7. The van der Waals surface area contributed by atoms with Gasteiger partial charge < -0.3 is 15.5 Å². The normalized spacial score (nSPS) is 11.6. The summed E-state index contributed by atoms with van der Waals surface area (Å²) < 4.78 is 1.97. The van der Waals surface area contributed by atoms with Crippen molar-refractivity contribution in [3.63, 3.8) is 0 Å². The largest absolute Gasteiger partial charge is 0.372 e. The van der Waals surface area contributed by atoms with E-state index >= 15 is 0 Å². The van der Waals surface area contributed by atoms with Crippen molar-refractivity contribution in [1.82, 2.24) is 25.2 Å². The molecule has 7 heteroatoms. The summed E-state index contributed by atoms with van der Waals surface area (Å²) in [5.74, 6) is 1.63. The van der Waals surface area contributed by atoms with E-state index in [2.05, 4.69) is 61.9 Å². The van der Waals surface area contributed by atoms with Crippen LogP contribution in [0.3, 0.4) is 0 Å². The average molecular weight is 365 g/mol. The summed E-state index contributed by atoms with van der Waals surface area (Å²) in [5, 5.41) is 15.1. The molecule has 2 aromatic heterocycles. The van der Waals surface area contributed by atoms with Crippen molar-refractivity contribution >= 4 is 17.3 Å². The van der Waals surface area contributed by atoms with E-state index in [1.807, 2.05) is 34.9 Å². The summed E-state index contributed by atoms with van der Waals surface area (Å²) in [6.45, 7) is 5.60. The lowest BCUT2D eigenvalue weighted by atomic mass is 10.2. The van der Waals surface area contributed by atoms with E-state index in [-0.39, 0.29) is 0 Å². The molecule has 0 aliphatic heterocycles. The number of anilines is 1. The second-order valence-corrected chi connectivity index (χ2v) is 6.17. The number of hydrogen-bond acceptors (Lipinski definition) is 4. The van der Waals surface area contributed by atoms with Crippen molar-refractivity contribution in [3.8, 4) is 0 Å². The van der Waals surface area contributed by atoms with Crippen LogP contribution in [0.15, 0.2) is 59.7 Å². The van der Waals surface area contributed by atoms with E-state index in [4.69, 9.17) is 0 Å². The lowest BCUT2D eigenvalue weighted by Gasteiger charge is -2.23. The fourth-order valence-corrected chi connectivity index (χ4v) is 2.98. The van der Waals surface area contributed by atoms with Gasteiger partial charge >= 0.3 is 0 Å². The first-order valence-electron chi connectivity index (χ1n) is 9.35. The van der Waals surface area contributed by atoms with Gasteiger partial charge in [-0.2, -0.15) is 0 Å². The van der Waals surface area contributed by atoms with E-state index in [1.165, 1.54) is 5.69 Å². The third-order valence-electron chi connectivity index (χ3n) is 4.42. The molecule has 27 heavy (non-hydrogen) atoms. The Hall–Kier alpha value is -3.09. The Morgan fingerprint density at radius 1 is 1.07 bits per heavy atom. The summed E-state index contributed by atoms with van der Waals surface area (Å²) in [4.78, 5) is 6.66. The van der Waals surface area contributed by atoms with Gasteiger partial charge in [-0.05, 0) is 37.6 Å². The number of nitrogens with one attached hydrogen (secondary N) is 2. The maximum atomic E-state index is 4.29. The van der Waals surface area contributed by atoms with E-state index in [9.17, 15) is 0 Å². The molecule has 0 bridgehead atoms. The van der Waals surface area contributed by atoms with Crippen LogP contribution in [0.1, 0.15) is 19.2 Å². The molecule has 0 spiro atoms. The van der Waals surface area contributed by atoms with Gasteiger partial charge in [0.15, 0.2) is 17.4 Å². The van der Waals surface area contributed by atoms with Crippen LogP contribution in [-0.4, -0.2) is 47.2 Å². The zero-order chi connectivity index (χ0) is 18.9. The third kappa shape index (κ3) is 4.97. The second kappa shape index (κ2) is 9.56. The zero-order valence-corrected chi connectivity index (χ0v) is 16.0. The number of fused-ring (bicyclic) bond motifs is 1. The summed E-state index contributed by atoms with van der Waals surface area (Å²) in [5.41, 5.74) is 2.11. The van der Waals surface area contributed by atoms with E-state index in [0.29, 0.717) is 6.54 Å². The average Bonchev–Trinajstić information content (AvgIpc) is 3.14. The molecular formula is C20H27N7. The number of para-hydroxylation sites is 1. The number of rotatable bonds is 8. The van der Waals surface area contributed by atoms with Crippen LogP contribution in [0.25, 0.3) is 5.65 Å². The van der Waals surface area contributed by atoms with Gasteiger partial charge in [0.1, 0.15) is 0 Å². The standard InChI is InChI=1S/C20H27N7/c1-3-26(17-10-5-4-6-11-17)14-9-13-22-20(21-2)23-16-19-25-24-18-12-7-8-15-27(18)19/h4-8,10-12,15H,3,9,13-14,16H2,1-2H3,(H2,21,22,23). The van der Waals surface area contributed by atoms with Gasteiger partial charge in [0.05, 0.1) is 6.54 Å². The van der Waals surface area contributed by atoms with Crippen LogP contribution < -0.4 is 15.5 Å². The lowest BCUT2D eigenvalue weighted by Crippen LogP contribution is -2.38. The molecule has 2 heterocycles. The SMILES string of the molecule is CCN(CCCNC(=NC)NCc1nnc2ccccn12)c1ccccc1. The number of benzene rings is 1. The monoisotopic (exact) mass is 365 g/mol. The molecule has 0 aliphatic carbocycles. The van der Waals surface area contributed by atoms with Crippen LogP contribution in [-0.2, 0) is 6.54 Å². The maximum Gasteiger partial charge on any atom is 0.191 e. The van der Waals surface area contributed by atoms with Crippen LogP contribution in [0.4, 0.5) is 5.69 Å². The fourth-order valence-electron chi connectivity index (χ4n) is 2.98. The smallest absolute Gasteiger partial charge is 0.191 e. The van der Waals surface area contributed by atoms with Gasteiger partial charge in [-0.3, -0.25) is 9.39 Å². The predicted molar refractivity (Wildman–Crippen MR) is 110 cm³/mol. The molecule has 1 aromatic carbocycles. The van der Waals surface area contributed by atoms with Gasteiger partial charge in [0.2, 0.25) is 0 Å². The Labute approximate surface area is 160 Å². The molecule has 3 rings (SSSR count). The van der Waals surface area contributed by atoms with Crippen LogP contribution in [0.5, 0.6) is 0 Å². The molecule has 142 valence electrons. The molecule has 0 aliphatic rings. The molecule has 3 aromatic rings. The van der Waals surface area contributed by atoms with Gasteiger partial charge in [-0.15, -0.1) is 10.2 Å². The molecule has 7 nitrogen and oxygen atoms in total. The first-order chi connectivity index (χ1) is 13.3. The Balaban J connectivity index is 1.44. The number of nitrogens with zero attached hydrogens (tertiary/aromatic N) is 5. The van der Waals surface area contributed by atoms with Crippen molar-refractivity contribution in [2.24, 2.45) is 4.99 Å². The minimum absolute atomic E-state index is 0.565. The molecule has 0 amide bonds. The molecule has 0 unspecified atom stereocenters. The summed E-state index contributed by atoms with van der Waals surface area (Å²) >= 11 is 0.